The lowest BCUT2D eigenvalue weighted by atomic mass is 10.1. The van der Waals surface area contributed by atoms with E-state index in [1.54, 1.807) is 6.08 Å². The van der Waals surface area contributed by atoms with Crippen LogP contribution in [0.5, 0.6) is 0 Å². The third kappa shape index (κ3) is 5.60. The van der Waals surface area contributed by atoms with E-state index in [2.05, 4.69) is 10.6 Å². The monoisotopic (exact) mass is 260 g/mol. The highest BCUT2D eigenvalue weighted by Gasteiger charge is 2.07. The van der Waals surface area contributed by atoms with E-state index in [1.165, 1.54) is 0 Å². The molecule has 0 bridgehead atoms. The van der Waals surface area contributed by atoms with Gasteiger partial charge in [0.1, 0.15) is 5.82 Å². The van der Waals surface area contributed by atoms with Gasteiger partial charge in [0.2, 0.25) is 0 Å². The third-order valence-corrected chi connectivity index (χ3v) is 2.50. The lowest BCUT2D eigenvalue weighted by molar-refractivity contribution is 0.104. The minimum Gasteiger partial charge on any atom is -0.370 e. The zero-order chi connectivity index (χ0) is 14.4. The quantitative estimate of drug-likeness (QED) is 0.610. The summed E-state index contributed by atoms with van der Waals surface area (Å²) >= 11 is 0. The topological polar surface area (TPSA) is 41.1 Å². The van der Waals surface area contributed by atoms with Crippen LogP contribution in [0.25, 0.3) is 0 Å². The molecule has 0 saturated carbocycles. The first-order valence-electron chi connectivity index (χ1n) is 6.74. The molecule has 0 unspecified atom stereocenters. The first-order valence-corrected chi connectivity index (χ1v) is 6.74. The van der Waals surface area contributed by atoms with Crippen LogP contribution >= 0.6 is 0 Å². The second-order valence-electron chi connectivity index (χ2n) is 5.39. The molecule has 0 aliphatic rings. The number of carbonyl (C=O) groups excluding carboxylic acids is 1. The molecule has 1 rings (SSSR count). The third-order valence-electron chi connectivity index (χ3n) is 2.50. The standard InChI is InChI=1S/C16H24N2O/c1-11(2)17-16(18-12(3)4)10-15(19)14-8-6-13(5)7-9-14/h6-12,17-18H,1-5H3. The predicted octanol–water partition coefficient (Wildman–Crippen LogP) is 3.02. The van der Waals surface area contributed by atoms with Crippen LogP contribution in [0.1, 0.15) is 43.6 Å². The van der Waals surface area contributed by atoms with Crippen LogP contribution in [-0.2, 0) is 0 Å². The number of ketones is 1. The fourth-order valence-electron chi connectivity index (χ4n) is 1.68. The normalized spacial score (nSPS) is 10.5. The molecule has 1 aromatic rings. The van der Waals surface area contributed by atoms with Crippen LogP contribution in [0.2, 0.25) is 0 Å². The van der Waals surface area contributed by atoms with Crippen molar-refractivity contribution in [2.75, 3.05) is 0 Å². The highest BCUT2D eigenvalue weighted by Crippen LogP contribution is 2.06. The summed E-state index contributed by atoms with van der Waals surface area (Å²) in [6.45, 7) is 10.2. The van der Waals surface area contributed by atoms with Gasteiger partial charge in [-0.15, -0.1) is 0 Å². The van der Waals surface area contributed by atoms with Crippen LogP contribution in [0.4, 0.5) is 0 Å². The Morgan fingerprint density at radius 2 is 1.47 bits per heavy atom. The summed E-state index contributed by atoms with van der Waals surface area (Å²) in [7, 11) is 0. The largest absolute Gasteiger partial charge is 0.370 e. The number of hydrogen-bond acceptors (Lipinski definition) is 3. The van der Waals surface area contributed by atoms with Crippen molar-refractivity contribution in [3.8, 4) is 0 Å². The van der Waals surface area contributed by atoms with Crippen molar-refractivity contribution in [3.63, 3.8) is 0 Å². The molecular formula is C16H24N2O. The highest BCUT2D eigenvalue weighted by atomic mass is 16.1. The summed E-state index contributed by atoms with van der Waals surface area (Å²) in [4.78, 5) is 12.2. The van der Waals surface area contributed by atoms with Crippen molar-refractivity contribution in [1.29, 1.82) is 0 Å². The molecule has 0 aliphatic heterocycles. The average Bonchev–Trinajstić information content (AvgIpc) is 2.27. The number of nitrogens with one attached hydrogen (secondary N) is 2. The molecule has 3 nitrogen and oxygen atoms in total. The molecule has 104 valence electrons. The summed E-state index contributed by atoms with van der Waals surface area (Å²) in [6.07, 6.45) is 1.63. The van der Waals surface area contributed by atoms with E-state index < -0.39 is 0 Å². The summed E-state index contributed by atoms with van der Waals surface area (Å²) in [5.41, 5.74) is 1.86. The van der Waals surface area contributed by atoms with Crippen LogP contribution in [-0.4, -0.2) is 17.9 Å². The van der Waals surface area contributed by atoms with E-state index in [-0.39, 0.29) is 17.9 Å². The zero-order valence-corrected chi connectivity index (χ0v) is 12.4. The summed E-state index contributed by atoms with van der Waals surface area (Å²) < 4.78 is 0. The average molecular weight is 260 g/mol. The van der Waals surface area contributed by atoms with Crippen molar-refractivity contribution < 1.29 is 4.79 Å². The van der Waals surface area contributed by atoms with E-state index in [4.69, 9.17) is 0 Å². The summed E-state index contributed by atoms with van der Waals surface area (Å²) in [6, 6.07) is 8.18. The fourth-order valence-corrected chi connectivity index (χ4v) is 1.68. The predicted molar refractivity (Wildman–Crippen MR) is 80.1 cm³/mol. The molecule has 1 aromatic carbocycles. The van der Waals surface area contributed by atoms with E-state index >= 15 is 0 Å². The highest BCUT2D eigenvalue weighted by molar-refractivity contribution is 6.04. The van der Waals surface area contributed by atoms with Crippen molar-refractivity contribution in [2.45, 2.75) is 46.7 Å². The van der Waals surface area contributed by atoms with E-state index in [0.717, 1.165) is 11.4 Å². The zero-order valence-electron chi connectivity index (χ0n) is 12.4. The van der Waals surface area contributed by atoms with Gasteiger partial charge in [-0.25, -0.2) is 0 Å². The molecule has 0 radical (unpaired) electrons. The molecule has 0 aliphatic carbocycles. The first kappa shape index (κ1) is 15.3. The van der Waals surface area contributed by atoms with Gasteiger partial charge in [0, 0.05) is 23.7 Å². The van der Waals surface area contributed by atoms with Crippen molar-refractivity contribution in [1.82, 2.24) is 10.6 Å². The van der Waals surface area contributed by atoms with Crippen molar-refractivity contribution in [3.05, 3.63) is 47.3 Å². The Balaban J connectivity index is 2.87. The van der Waals surface area contributed by atoms with Gasteiger partial charge in [0.05, 0.1) is 0 Å². The van der Waals surface area contributed by atoms with Gasteiger partial charge in [0.15, 0.2) is 5.78 Å². The van der Waals surface area contributed by atoms with Gasteiger partial charge in [-0.05, 0) is 34.6 Å². The van der Waals surface area contributed by atoms with Gasteiger partial charge in [-0.2, -0.15) is 0 Å². The summed E-state index contributed by atoms with van der Waals surface area (Å²) in [5.74, 6) is 0.784. The Morgan fingerprint density at radius 3 is 1.89 bits per heavy atom. The smallest absolute Gasteiger partial charge is 0.189 e. The second-order valence-corrected chi connectivity index (χ2v) is 5.39. The van der Waals surface area contributed by atoms with Crippen LogP contribution in [0, 0.1) is 6.92 Å². The molecule has 0 spiro atoms. The molecule has 0 aromatic heterocycles. The van der Waals surface area contributed by atoms with E-state index in [0.29, 0.717) is 5.56 Å². The first-order chi connectivity index (χ1) is 8.88. The molecule has 3 heteroatoms. The second kappa shape index (κ2) is 6.98. The number of allylic oxidation sites excluding steroid dienone is 1. The number of aryl methyl sites for hydroxylation is 1. The van der Waals surface area contributed by atoms with E-state index in [9.17, 15) is 4.79 Å². The van der Waals surface area contributed by atoms with Crippen molar-refractivity contribution >= 4 is 5.78 Å². The molecule has 0 atom stereocenters. The molecule has 0 saturated heterocycles. The van der Waals surface area contributed by atoms with Gasteiger partial charge in [0.25, 0.3) is 0 Å². The SMILES string of the molecule is Cc1ccc(C(=O)C=C(NC(C)C)NC(C)C)cc1. The maximum Gasteiger partial charge on any atom is 0.189 e. The summed E-state index contributed by atoms with van der Waals surface area (Å²) in [5, 5.41) is 6.50. The maximum absolute atomic E-state index is 12.2. The Hall–Kier alpha value is -1.77. The van der Waals surface area contributed by atoms with Gasteiger partial charge in [-0.1, -0.05) is 29.8 Å². The molecular weight excluding hydrogens is 236 g/mol. The van der Waals surface area contributed by atoms with Crippen LogP contribution in [0.15, 0.2) is 36.2 Å². The lowest BCUT2D eigenvalue weighted by Crippen LogP contribution is -2.35. The Kier molecular flexibility index (Phi) is 5.61. The Morgan fingerprint density at radius 1 is 1.00 bits per heavy atom. The maximum atomic E-state index is 12.2. The van der Waals surface area contributed by atoms with Crippen LogP contribution < -0.4 is 10.6 Å². The molecule has 0 amide bonds. The van der Waals surface area contributed by atoms with Gasteiger partial charge in [-0.3, -0.25) is 4.79 Å². The Labute approximate surface area is 116 Å². The minimum absolute atomic E-state index is 0.0105. The van der Waals surface area contributed by atoms with Crippen LogP contribution in [0.3, 0.4) is 0 Å². The van der Waals surface area contributed by atoms with Crippen molar-refractivity contribution in [2.24, 2.45) is 0 Å². The Bertz CT molecular complexity index is 432. The molecule has 0 heterocycles. The van der Waals surface area contributed by atoms with E-state index in [1.807, 2.05) is 58.9 Å². The number of carbonyl (C=O) groups is 1. The minimum atomic E-state index is 0.0105. The van der Waals surface area contributed by atoms with Gasteiger partial charge >= 0.3 is 0 Å². The van der Waals surface area contributed by atoms with Gasteiger partial charge < -0.3 is 10.6 Å². The molecule has 19 heavy (non-hydrogen) atoms. The number of rotatable bonds is 6. The lowest BCUT2D eigenvalue weighted by Gasteiger charge is -2.18. The fraction of sp³-hybridized carbons (Fsp3) is 0.438. The molecule has 0 fully saturated rings. The molecule has 2 N–H and O–H groups in total. The number of benzene rings is 1. The number of hydrogen-bond donors (Lipinski definition) is 2.